The second-order valence-electron chi connectivity index (χ2n) is 26.6. The van der Waals surface area contributed by atoms with Gasteiger partial charge in [0, 0.05) is 62.5 Å². The van der Waals surface area contributed by atoms with Crippen molar-refractivity contribution in [3.8, 4) is 0 Å². The van der Waals surface area contributed by atoms with Gasteiger partial charge in [0.2, 0.25) is 76.8 Å². The zero-order valence-corrected chi connectivity index (χ0v) is 62.2. The fraction of sp³-hybridized carbons (Fsp3) is 0.688. The lowest BCUT2D eigenvalue weighted by Crippen LogP contribution is -2.62. The third-order valence-corrected chi connectivity index (χ3v) is 20.9. The van der Waals surface area contributed by atoms with Crippen LogP contribution in [0, 0.1) is 5.92 Å². The molecule has 602 valence electrons. The van der Waals surface area contributed by atoms with Crippen LogP contribution in [0.15, 0.2) is 22.5 Å². The normalized spacial score (nSPS) is 24.6. The van der Waals surface area contributed by atoms with E-state index in [-0.39, 0.29) is 134 Å². The predicted molar refractivity (Wildman–Crippen MR) is 391 cm³/mol. The molecule has 15 atom stereocenters. The van der Waals surface area contributed by atoms with Crippen LogP contribution in [0.5, 0.6) is 0 Å². The van der Waals surface area contributed by atoms with Crippen molar-refractivity contribution < 1.29 is 92.3 Å². The zero-order chi connectivity index (χ0) is 79.9. The summed E-state index contributed by atoms with van der Waals surface area (Å²) in [6.07, 6.45) is 0.773. The molecule has 5 heterocycles. The minimum Gasteiger partial charge on any atom is -0.481 e. The molecule has 0 saturated carbocycles. The molecule has 42 nitrogen and oxygen atoms in total. The maximum Gasteiger partial charge on any atom is 0.326 e. The van der Waals surface area contributed by atoms with Gasteiger partial charge in [-0.15, -0.1) is 0 Å². The SMILES string of the molecule is CC[C@H](C)[C@@H]1NC(=O)[C@H](CO)NC(=O)[C@H](CCCCN)NC(=O)[C@H]([C@@H](C)O)NC(=O)[C@@H](NC(=O)[C@H](CCCN=C(N)N)NC(=O)CN)CSSC[C@@H](C(=O)NC(Cc2cnc[nH]2)C(=O)N2CCC[C@H]2C(=O)N[C@@H](CC(=O)O)C(=O)O)NC(=O)[C@H](CCCN=C(N)N)NC(=O)[C@@H]2CCCN2C(=O)[C@@H]2CCCN2C1=O. The number of guanidine groups is 2. The van der Waals surface area contributed by atoms with Crippen molar-refractivity contribution >= 4 is 122 Å². The molecule has 4 saturated heterocycles. The number of carbonyl (C=O) groups is 15. The Bertz CT molecular complexity index is 3370. The number of aliphatic hydroxyl groups is 2. The number of H-pyrrole nitrogens is 1. The van der Waals surface area contributed by atoms with Crippen LogP contribution in [0.25, 0.3) is 0 Å². The molecule has 0 spiro atoms. The summed E-state index contributed by atoms with van der Waals surface area (Å²) in [4.78, 5) is 231. The number of unbranched alkanes of at least 4 members (excludes halogenated alkanes) is 1. The van der Waals surface area contributed by atoms with E-state index in [0.717, 1.165) is 33.4 Å². The number of hydrogen-bond acceptors (Lipinski definition) is 24. The Kier molecular flexibility index (Phi) is 36.7. The largest absolute Gasteiger partial charge is 0.481 e. The zero-order valence-electron chi connectivity index (χ0n) is 60.6. The molecule has 1 aromatic heterocycles. The lowest BCUT2D eigenvalue weighted by molar-refractivity contribution is -0.149. The number of nitrogens with two attached hydrogens (primary N) is 6. The summed E-state index contributed by atoms with van der Waals surface area (Å²) < 4.78 is 0. The quantitative estimate of drug-likeness (QED) is 0.0147. The van der Waals surface area contributed by atoms with E-state index >= 15 is 9.59 Å². The number of carbonyl (C=O) groups excluding carboxylic acids is 13. The number of rotatable bonds is 30. The molecule has 0 aliphatic carbocycles. The van der Waals surface area contributed by atoms with Crippen molar-refractivity contribution in [2.75, 3.05) is 63.9 Å². The topological polar surface area (TPSA) is 677 Å². The Labute approximate surface area is 630 Å². The van der Waals surface area contributed by atoms with Gasteiger partial charge in [-0.05, 0) is 103 Å². The maximum atomic E-state index is 15.3. The third-order valence-electron chi connectivity index (χ3n) is 18.5. The van der Waals surface area contributed by atoms with Gasteiger partial charge in [0.25, 0.3) is 0 Å². The third kappa shape index (κ3) is 27.2. The summed E-state index contributed by atoms with van der Waals surface area (Å²) in [6, 6.07) is -20.5. The van der Waals surface area contributed by atoms with Gasteiger partial charge in [0.15, 0.2) is 11.9 Å². The molecule has 1 aromatic rings. The summed E-state index contributed by atoms with van der Waals surface area (Å²) in [5, 5.41) is 66.3. The van der Waals surface area contributed by atoms with Crippen LogP contribution in [0.2, 0.25) is 0 Å². The minimum atomic E-state index is -1.95. The van der Waals surface area contributed by atoms with E-state index in [1.54, 1.807) is 13.8 Å². The number of hydrogen-bond donors (Lipinski definition) is 21. The number of aromatic amines is 1. The van der Waals surface area contributed by atoms with Crippen molar-refractivity contribution in [1.29, 1.82) is 0 Å². The van der Waals surface area contributed by atoms with Gasteiger partial charge >= 0.3 is 11.9 Å². The van der Waals surface area contributed by atoms with Gasteiger partial charge < -0.3 is 128 Å². The number of carboxylic acids is 2. The highest BCUT2D eigenvalue weighted by Crippen LogP contribution is 2.29. The van der Waals surface area contributed by atoms with E-state index in [4.69, 9.17) is 34.4 Å². The van der Waals surface area contributed by atoms with Gasteiger partial charge in [-0.3, -0.25) is 77.1 Å². The van der Waals surface area contributed by atoms with Crippen LogP contribution in [-0.2, 0) is 78.3 Å². The van der Waals surface area contributed by atoms with Gasteiger partial charge in [0.05, 0.1) is 32.0 Å². The number of imidazole rings is 1. The number of fused-ring (bicyclic) bond motifs is 2. The molecule has 0 radical (unpaired) electrons. The number of nitrogens with zero attached hydrogens (tertiary/aromatic N) is 6. The summed E-state index contributed by atoms with van der Waals surface area (Å²) in [5.41, 5.74) is 34.0. The summed E-state index contributed by atoms with van der Waals surface area (Å²) >= 11 is 0. The first kappa shape index (κ1) is 89.0. The molecule has 13 amide bonds. The molecule has 4 fully saturated rings. The van der Waals surface area contributed by atoms with E-state index < -0.39 is 210 Å². The minimum absolute atomic E-state index is 0.00745. The summed E-state index contributed by atoms with van der Waals surface area (Å²) in [7, 11) is 1.56. The highest BCUT2D eigenvalue weighted by atomic mass is 33.1. The second-order valence-corrected chi connectivity index (χ2v) is 29.1. The van der Waals surface area contributed by atoms with Crippen molar-refractivity contribution in [2.24, 2.45) is 50.3 Å². The average molecular weight is 1560 g/mol. The van der Waals surface area contributed by atoms with Gasteiger partial charge in [0.1, 0.15) is 78.5 Å². The smallest absolute Gasteiger partial charge is 0.326 e. The first-order valence-electron chi connectivity index (χ1n) is 35.7. The van der Waals surface area contributed by atoms with E-state index in [2.05, 4.69) is 73.1 Å². The summed E-state index contributed by atoms with van der Waals surface area (Å²) in [5.74, 6) is -17.9. The van der Waals surface area contributed by atoms with Crippen LogP contribution >= 0.6 is 21.6 Å². The Morgan fingerprint density at radius 1 is 0.648 bits per heavy atom. The summed E-state index contributed by atoms with van der Waals surface area (Å²) in [6.45, 7) is 2.87. The number of aliphatic imine (C=N–C) groups is 2. The highest BCUT2D eigenvalue weighted by Gasteiger charge is 2.47. The first-order chi connectivity index (χ1) is 51.3. The van der Waals surface area contributed by atoms with E-state index in [9.17, 15) is 82.8 Å². The molecular weight excluding hydrogens is 1460 g/mol. The number of amides is 13. The predicted octanol–water partition coefficient (Wildman–Crippen LogP) is -8.66. The fourth-order valence-corrected chi connectivity index (χ4v) is 14.8. The lowest BCUT2D eigenvalue weighted by atomic mass is 9.96. The number of aromatic nitrogens is 2. The van der Waals surface area contributed by atoms with Crippen molar-refractivity contribution in [2.45, 2.75) is 208 Å². The fourth-order valence-electron chi connectivity index (χ4n) is 12.5. The van der Waals surface area contributed by atoms with E-state index in [1.807, 2.05) is 0 Å². The molecule has 4 aliphatic heterocycles. The standard InChI is InChI=1S/C64H105N23O19S2/c1-4-32(2)48-61(104)87-23-11-17-45(87)60(103)86-22-10-16-44(86)56(99)76-37(14-8-20-73-64(69)70)52(95)81-41(54(97)78-38(24-34-27-71-31-74-34)59(102)85-21-9-15-43(85)57(100)79-39(62(105)106)25-47(91)92)29-107-108-30-42(82-50(93)35(75-46(90)26-66)13-7-19-72-63(67)68)55(98)84-49(33(3)89)58(101)77-36(12-5-6-18-65)51(94)80-40(28-88)53(96)83-48/h27,31-33,35-45,48-49,88-89H,4-26,28-30,65-66H2,1-3H3,(H,71,74)(H,75,90)(H,76,99)(H,77,101)(H,78,97)(H,79,100)(H,80,94)(H,81,95)(H,82,93)(H,83,96)(H,84,98)(H,91,92)(H,105,106)(H4,67,68,72)(H4,69,70,73)/t32-,33+,35-,36-,37-,38?,39-,40-,41-,42-,43-,44-,45-,48-,49-/m0/s1. The molecule has 27 N–H and O–H groups in total. The van der Waals surface area contributed by atoms with Gasteiger partial charge in [-0.2, -0.15) is 0 Å². The van der Waals surface area contributed by atoms with Crippen LogP contribution < -0.4 is 87.6 Å². The molecule has 0 bridgehead atoms. The molecular formula is C64H105N23O19S2. The van der Waals surface area contributed by atoms with E-state index in [1.165, 1.54) is 22.3 Å². The van der Waals surface area contributed by atoms with Crippen molar-refractivity contribution in [3.63, 3.8) is 0 Å². The molecule has 5 rings (SSSR count). The number of likely N-dealkylation sites (tertiary alicyclic amines) is 1. The Morgan fingerprint density at radius 2 is 1.23 bits per heavy atom. The Balaban J connectivity index is 1.66. The lowest BCUT2D eigenvalue weighted by Gasteiger charge is -2.35. The van der Waals surface area contributed by atoms with Crippen molar-refractivity contribution in [3.05, 3.63) is 18.2 Å². The number of aliphatic carboxylic acids is 2. The van der Waals surface area contributed by atoms with Crippen LogP contribution in [0.1, 0.15) is 123 Å². The molecule has 1 unspecified atom stereocenters. The second kappa shape index (κ2) is 44.6. The molecule has 44 heteroatoms. The first-order valence-corrected chi connectivity index (χ1v) is 38.2. The van der Waals surface area contributed by atoms with E-state index in [0.29, 0.717) is 19.3 Å². The van der Waals surface area contributed by atoms with Crippen molar-refractivity contribution in [1.82, 2.24) is 77.8 Å². The maximum absolute atomic E-state index is 15.3. The molecule has 4 aliphatic rings. The monoisotopic (exact) mass is 1560 g/mol. The Morgan fingerprint density at radius 3 is 1.83 bits per heavy atom. The number of aliphatic hydroxyl groups excluding tert-OH is 2. The number of nitrogens with one attached hydrogen (secondary N) is 11. The van der Waals surface area contributed by atoms with Crippen LogP contribution in [0.3, 0.4) is 0 Å². The molecule has 0 aromatic carbocycles. The average Bonchev–Trinajstić information content (AvgIpc) is 1.63. The van der Waals surface area contributed by atoms with Gasteiger partial charge in [-0.25, -0.2) is 9.78 Å². The number of carboxylic acid groups (broad SMARTS) is 2. The van der Waals surface area contributed by atoms with Gasteiger partial charge in [-0.1, -0.05) is 41.9 Å². The highest BCUT2D eigenvalue weighted by molar-refractivity contribution is 8.76. The Hall–Kier alpha value is -9.66. The van der Waals surface area contributed by atoms with Crippen LogP contribution in [0.4, 0.5) is 0 Å². The van der Waals surface area contributed by atoms with Crippen LogP contribution in [-0.4, -0.2) is 294 Å². The molecule has 108 heavy (non-hydrogen) atoms.